The molecule has 0 heterocycles. The predicted octanol–water partition coefficient (Wildman–Crippen LogP) is 3.10. The van der Waals surface area contributed by atoms with Crippen LogP contribution in [0.2, 0.25) is 0 Å². The first-order chi connectivity index (χ1) is 13.0. The molecule has 2 aromatic carbocycles. The molecule has 0 radical (unpaired) electrons. The maximum atomic E-state index is 12.3. The van der Waals surface area contributed by atoms with Gasteiger partial charge in [-0.2, -0.15) is 0 Å². The quantitative estimate of drug-likeness (QED) is 0.290. The fourth-order valence-electron chi connectivity index (χ4n) is 2.30. The third kappa shape index (κ3) is 5.86. The number of hydrogen-bond donors (Lipinski definition) is 0. The van der Waals surface area contributed by atoms with Crippen LogP contribution in [0.4, 0.5) is 0 Å². The minimum Gasteiger partial charge on any atom is -0.294 e. The SMILES string of the molecule is CCC(C(=O)OOOC(=O)CC(=O)c1ccccc1)C(=O)c1ccccc1. The third-order valence-electron chi connectivity index (χ3n) is 3.71. The van der Waals surface area contributed by atoms with E-state index in [1.165, 1.54) is 0 Å². The molecule has 0 saturated carbocycles. The average Bonchev–Trinajstić information content (AvgIpc) is 2.69. The van der Waals surface area contributed by atoms with E-state index in [0.29, 0.717) is 11.1 Å². The van der Waals surface area contributed by atoms with Gasteiger partial charge in [0.1, 0.15) is 12.3 Å². The van der Waals surface area contributed by atoms with Crippen LogP contribution in [0.3, 0.4) is 0 Å². The van der Waals surface area contributed by atoms with Gasteiger partial charge in [-0.05, 0) is 6.42 Å². The van der Waals surface area contributed by atoms with Crippen molar-refractivity contribution < 1.29 is 34.0 Å². The number of carbonyl (C=O) groups excluding carboxylic acids is 4. The number of carbonyl (C=O) groups is 4. The summed E-state index contributed by atoms with van der Waals surface area (Å²) in [5, 5.41) is 4.16. The van der Waals surface area contributed by atoms with Crippen molar-refractivity contribution in [2.75, 3.05) is 0 Å². The molecule has 140 valence electrons. The number of hydrogen-bond acceptors (Lipinski definition) is 7. The molecule has 0 aromatic heterocycles. The number of rotatable bonds is 9. The Morgan fingerprint density at radius 3 is 1.93 bits per heavy atom. The van der Waals surface area contributed by atoms with E-state index in [9.17, 15) is 19.2 Å². The molecule has 1 atom stereocenters. The average molecular weight is 370 g/mol. The first-order valence-electron chi connectivity index (χ1n) is 8.28. The highest BCUT2D eigenvalue weighted by Gasteiger charge is 2.29. The van der Waals surface area contributed by atoms with E-state index in [4.69, 9.17) is 0 Å². The molecule has 2 rings (SSSR count). The monoisotopic (exact) mass is 370 g/mol. The van der Waals surface area contributed by atoms with Crippen LogP contribution in [0.5, 0.6) is 0 Å². The summed E-state index contributed by atoms with van der Waals surface area (Å²) >= 11 is 0. The lowest BCUT2D eigenvalue weighted by atomic mass is 9.95. The number of benzene rings is 2. The minimum atomic E-state index is -1.10. The van der Waals surface area contributed by atoms with Gasteiger partial charge in [0, 0.05) is 16.2 Å². The summed E-state index contributed by atoms with van der Waals surface area (Å²) in [6, 6.07) is 16.4. The van der Waals surface area contributed by atoms with Gasteiger partial charge in [-0.3, -0.25) is 19.4 Å². The fraction of sp³-hybridized carbons (Fsp3) is 0.200. The lowest BCUT2D eigenvalue weighted by Gasteiger charge is -2.11. The van der Waals surface area contributed by atoms with Crippen molar-refractivity contribution in [3.63, 3.8) is 0 Å². The van der Waals surface area contributed by atoms with Crippen molar-refractivity contribution in [2.45, 2.75) is 19.8 Å². The molecule has 0 spiro atoms. The number of ketones is 2. The van der Waals surface area contributed by atoms with Crippen molar-refractivity contribution in [3.05, 3.63) is 71.8 Å². The van der Waals surface area contributed by atoms with E-state index < -0.39 is 35.8 Å². The Morgan fingerprint density at radius 2 is 1.37 bits per heavy atom. The van der Waals surface area contributed by atoms with Gasteiger partial charge in [0.05, 0.1) is 0 Å². The molecule has 0 fully saturated rings. The normalized spacial score (nSPS) is 11.3. The van der Waals surface area contributed by atoms with E-state index in [-0.39, 0.29) is 6.42 Å². The van der Waals surface area contributed by atoms with E-state index in [1.807, 2.05) is 0 Å². The van der Waals surface area contributed by atoms with Crippen LogP contribution in [-0.4, -0.2) is 23.5 Å². The van der Waals surface area contributed by atoms with Gasteiger partial charge in [0.25, 0.3) is 0 Å². The van der Waals surface area contributed by atoms with Crippen LogP contribution < -0.4 is 0 Å². The Labute approximate surface area is 155 Å². The summed E-state index contributed by atoms with van der Waals surface area (Å²) in [7, 11) is 0. The molecular weight excluding hydrogens is 352 g/mol. The van der Waals surface area contributed by atoms with Gasteiger partial charge < -0.3 is 0 Å². The summed E-state index contributed by atoms with van der Waals surface area (Å²) in [6.07, 6.45) is -0.405. The third-order valence-corrected chi connectivity index (χ3v) is 3.71. The van der Waals surface area contributed by atoms with Crippen molar-refractivity contribution in [1.29, 1.82) is 0 Å². The van der Waals surface area contributed by atoms with Gasteiger partial charge in [-0.15, -0.1) is 0 Å². The zero-order valence-corrected chi connectivity index (χ0v) is 14.6. The van der Waals surface area contributed by atoms with Crippen LogP contribution in [-0.2, 0) is 24.4 Å². The smallest absolute Gasteiger partial charge is 0.294 e. The minimum absolute atomic E-state index is 0.177. The standard InChI is InChI=1S/C20H18O7/c1-2-16(19(23)15-11-7-4-8-12-15)20(24)26-27-25-18(22)13-17(21)14-9-5-3-6-10-14/h3-12,16H,2,13H2,1H3. The largest absolute Gasteiger partial charge is 0.357 e. The zero-order valence-electron chi connectivity index (χ0n) is 14.6. The summed E-state index contributed by atoms with van der Waals surface area (Å²) < 4.78 is 0. The molecule has 7 nitrogen and oxygen atoms in total. The van der Waals surface area contributed by atoms with Crippen LogP contribution in [0, 0.1) is 5.92 Å². The van der Waals surface area contributed by atoms with Gasteiger partial charge in [0.2, 0.25) is 0 Å². The Balaban J connectivity index is 1.81. The summed E-state index contributed by atoms with van der Waals surface area (Å²) in [6.45, 7) is 1.64. The molecule has 0 aliphatic carbocycles. The molecule has 0 bridgehead atoms. The molecular formula is C20H18O7. The second-order valence-electron chi connectivity index (χ2n) is 5.58. The van der Waals surface area contributed by atoms with Crippen LogP contribution in [0.15, 0.2) is 60.7 Å². The highest BCUT2D eigenvalue weighted by molar-refractivity contribution is 6.08. The molecule has 7 heteroatoms. The van der Waals surface area contributed by atoms with Gasteiger partial charge in [0.15, 0.2) is 11.6 Å². The van der Waals surface area contributed by atoms with Crippen molar-refractivity contribution >= 4 is 23.5 Å². The van der Waals surface area contributed by atoms with E-state index in [0.717, 1.165) is 0 Å². The Kier molecular flexibility index (Phi) is 7.39. The molecule has 0 N–H and O–H groups in total. The maximum absolute atomic E-state index is 12.3. The molecule has 0 saturated heterocycles. The summed E-state index contributed by atoms with van der Waals surface area (Å²) in [5.74, 6) is -4.02. The fourth-order valence-corrected chi connectivity index (χ4v) is 2.30. The van der Waals surface area contributed by atoms with Crippen molar-refractivity contribution in [1.82, 2.24) is 0 Å². The van der Waals surface area contributed by atoms with E-state index >= 15 is 0 Å². The first-order valence-corrected chi connectivity index (χ1v) is 8.28. The maximum Gasteiger partial charge on any atom is 0.357 e. The Bertz CT molecular complexity index is 800. The highest BCUT2D eigenvalue weighted by atomic mass is 17.5. The van der Waals surface area contributed by atoms with Crippen molar-refractivity contribution in [3.8, 4) is 0 Å². The van der Waals surface area contributed by atoms with E-state index in [1.54, 1.807) is 67.6 Å². The first kappa shape index (κ1) is 20.0. The van der Waals surface area contributed by atoms with Gasteiger partial charge in [-0.25, -0.2) is 9.59 Å². The van der Waals surface area contributed by atoms with Crippen LogP contribution >= 0.6 is 0 Å². The Hall–Kier alpha value is -3.32. The molecule has 0 aliphatic rings. The molecule has 0 aliphatic heterocycles. The van der Waals surface area contributed by atoms with E-state index in [2.05, 4.69) is 14.8 Å². The lowest BCUT2D eigenvalue weighted by molar-refractivity contribution is -0.459. The zero-order chi connectivity index (χ0) is 19.6. The second-order valence-corrected chi connectivity index (χ2v) is 5.58. The van der Waals surface area contributed by atoms with Crippen LogP contribution in [0.25, 0.3) is 0 Å². The molecule has 2 aromatic rings. The predicted molar refractivity (Wildman–Crippen MR) is 93.2 cm³/mol. The number of Topliss-reactive ketones (excluding diaryl/α,β-unsaturated/α-hetero) is 2. The Morgan fingerprint density at radius 1 is 0.815 bits per heavy atom. The lowest BCUT2D eigenvalue weighted by Crippen LogP contribution is -2.26. The van der Waals surface area contributed by atoms with Gasteiger partial charge in [-0.1, -0.05) is 67.6 Å². The topological polar surface area (TPSA) is 96.0 Å². The van der Waals surface area contributed by atoms with Crippen molar-refractivity contribution in [2.24, 2.45) is 5.92 Å². The van der Waals surface area contributed by atoms with Gasteiger partial charge >= 0.3 is 11.9 Å². The molecule has 27 heavy (non-hydrogen) atoms. The molecule has 1 unspecified atom stereocenters. The summed E-state index contributed by atoms with van der Waals surface area (Å²) in [5.41, 5.74) is 0.692. The van der Waals surface area contributed by atoms with Crippen LogP contribution in [0.1, 0.15) is 40.5 Å². The highest BCUT2D eigenvalue weighted by Crippen LogP contribution is 2.14. The summed E-state index contributed by atoms with van der Waals surface area (Å²) in [4.78, 5) is 56.4. The molecule has 0 amide bonds. The second kappa shape index (κ2) is 9.98.